The number of quaternary nitrogens is 1. The monoisotopic (exact) mass is 384 g/mol. The predicted octanol–water partition coefficient (Wildman–Crippen LogP) is 3.32. The zero-order chi connectivity index (χ0) is 18.9. The van der Waals surface area contributed by atoms with Gasteiger partial charge >= 0.3 is 5.97 Å². The fraction of sp³-hybridized carbons (Fsp3) is 0.409. The standard InChI is InChI=1S/C22H26NO3S/c1-2-12-23-13-10-17(11-14-23)19(16-23)26-21(24)22(25,20-9-6-15-27-20)18-7-4-3-5-8-18/h2-9,15,17,19,25H,1,10-14,16H2/q+1/t17?,19-,22?,23?/m0/s1. The molecule has 3 aliphatic heterocycles. The Kier molecular flexibility index (Phi) is 4.93. The summed E-state index contributed by atoms with van der Waals surface area (Å²) in [7, 11) is 0. The molecule has 1 aromatic carbocycles. The van der Waals surface area contributed by atoms with Crippen LogP contribution in [0.5, 0.6) is 0 Å². The third-order valence-corrected chi connectivity index (χ3v) is 7.16. The van der Waals surface area contributed by atoms with Gasteiger partial charge < -0.3 is 14.3 Å². The molecule has 5 heteroatoms. The number of aliphatic hydroxyl groups is 1. The average Bonchev–Trinajstić information content (AvgIpc) is 3.24. The molecule has 0 aliphatic carbocycles. The molecule has 1 unspecified atom stereocenters. The summed E-state index contributed by atoms with van der Waals surface area (Å²) in [5.41, 5.74) is -1.21. The van der Waals surface area contributed by atoms with Gasteiger partial charge in [-0.25, -0.2) is 4.79 Å². The lowest BCUT2D eigenvalue weighted by Gasteiger charge is -2.51. The Bertz CT molecular complexity index is 796. The van der Waals surface area contributed by atoms with Gasteiger partial charge in [0.15, 0.2) is 6.10 Å². The number of carbonyl (C=O) groups excluding carboxylic acids is 1. The van der Waals surface area contributed by atoms with E-state index in [2.05, 4.69) is 6.58 Å². The molecule has 0 amide bonds. The Hall–Kier alpha value is -1.95. The first-order chi connectivity index (χ1) is 13.1. The molecule has 2 aromatic rings. The summed E-state index contributed by atoms with van der Waals surface area (Å²) in [6, 6.07) is 12.7. The van der Waals surface area contributed by atoms with Gasteiger partial charge in [-0.15, -0.1) is 11.3 Å². The van der Waals surface area contributed by atoms with E-state index in [9.17, 15) is 9.90 Å². The minimum absolute atomic E-state index is 0.143. The van der Waals surface area contributed by atoms with E-state index in [-0.39, 0.29) is 6.10 Å². The predicted molar refractivity (Wildman–Crippen MR) is 106 cm³/mol. The van der Waals surface area contributed by atoms with Crippen LogP contribution in [-0.2, 0) is 15.1 Å². The van der Waals surface area contributed by atoms with Crippen LogP contribution in [0, 0.1) is 5.92 Å². The summed E-state index contributed by atoms with van der Waals surface area (Å²) in [6.45, 7) is 7.88. The number of rotatable bonds is 6. The zero-order valence-electron chi connectivity index (χ0n) is 15.4. The van der Waals surface area contributed by atoms with Crippen LogP contribution >= 0.6 is 11.3 Å². The third-order valence-electron chi connectivity index (χ3n) is 6.18. The minimum Gasteiger partial charge on any atom is -0.453 e. The van der Waals surface area contributed by atoms with E-state index >= 15 is 0 Å². The number of benzene rings is 1. The molecule has 3 saturated heterocycles. The second-order valence-electron chi connectivity index (χ2n) is 7.78. The first-order valence-electron chi connectivity index (χ1n) is 9.56. The number of thiophene rings is 1. The van der Waals surface area contributed by atoms with Crippen LogP contribution < -0.4 is 0 Å². The van der Waals surface area contributed by atoms with Gasteiger partial charge in [0.2, 0.25) is 5.60 Å². The van der Waals surface area contributed by atoms with Crippen molar-refractivity contribution in [2.75, 3.05) is 26.2 Å². The highest BCUT2D eigenvalue weighted by atomic mass is 32.1. The van der Waals surface area contributed by atoms with Crippen molar-refractivity contribution >= 4 is 17.3 Å². The van der Waals surface area contributed by atoms with Crippen molar-refractivity contribution in [1.82, 2.24) is 0 Å². The first-order valence-corrected chi connectivity index (χ1v) is 10.4. The van der Waals surface area contributed by atoms with Gasteiger partial charge in [0.1, 0.15) is 6.54 Å². The van der Waals surface area contributed by atoms with Gasteiger partial charge in [-0.2, -0.15) is 0 Å². The van der Waals surface area contributed by atoms with E-state index in [1.54, 1.807) is 18.2 Å². The molecule has 3 aliphatic rings. The summed E-state index contributed by atoms with van der Waals surface area (Å²) < 4.78 is 6.95. The fourth-order valence-corrected chi connectivity index (χ4v) is 5.46. The van der Waals surface area contributed by atoms with Crippen molar-refractivity contribution in [1.29, 1.82) is 0 Å². The normalized spacial score (nSPS) is 29.1. The second-order valence-corrected chi connectivity index (χ2v) is 8.73. The third kappa shape index (κ3) is 3.24. The van der Waals surface area contributed by atoms with E-state index in [4.69, 9.17) is 4.74 Å². The smallest absolute Gasteiger partial charge is 0.349 e. The summed E-state index contributed by atoms with van der Waals surface area (Å²) in [5.74, 6) is -0.172. The van der Waals surface area contributed by atoms with Crippen molar-refractivity contribution in [2.24, 2.45) is 5.92 Å². The lowest BCUT2D eigenvalue weighted by atomic mass is 9.83. The number of piperidine rings is 3. The van der Waals surface area contributed by atoms with Crippen molar-refractivity contribution < 1.29 is 19.1 Å². The summed E-state index contributed by atoms with van der Waals surface area (Å²) in [5, 5.41) is 13.4. The molecular formula is C22H26NO3S+. The van der Waals surface area contributed by atoms with Gasteiger partial charge in [0, 0.05) is 24.3 Å². The molecule has 4 nitrogen and oxygen atoms in total. The minimum atomic E-state index is -1.76. The van der Waals surface area contributed by atoms with Gasteiger partial charge in [0.05, 0.1) is 24.5 Å². The zero-order valence-corrected chi connectivity index (χ0v) is 16.2. The summed E-state index contributed by atoms with van der Waals surface area (Å²) in [4.78, 5) is 13.9. The largest absolute Gasteiger partial charge is 0.453 e. The molecule has 3 fully saturated rings. The Labute approximate surface area is 164 Å². The lowest BCUT2D eigenvalue weighted by molar-refractivity contribution is -0.941. The molecule has 1 aromatic heterocycles. The fourth-order valence-electron chi connectivity index (χ4n) is 4.63. The van der Waals surface area contributed by atoms with Crippen LogP contribution in [0.2, 0.25) is 0 Å². The number of nitrogens with zero attached hydrogens (tertiary/aromatic N) is 1. The maximum atomic E-state index is 13.3. The molecule has 0 radical (unpaired) electrons. The van der Waals surface area contributed by atoms with Crippen molar-refractivity contribution in [3.63, 3.8) is 0 Å². The quantitative estimate of drug-likeness (QED) is 0.472. The van der Waals surface area contributed by atoms with Gasteiger partial charge in [-0.05, 0) is 17.5 Å². The van der Waals surface area contributed by atoms with Crippen molar-refractivity contribution in [2.45, 2.75) is 24.5 Å². The van der Waals surface area contributed by atoms with Crippen LogP contribution in [0.25, 0.3) is 0 Å². The molecular weight excluding hydrogens is 358 g/mol. The lowest BCUT2D eigenvalue weighted by Crippen LogP contribution is -2.64. The van der Waals surface area contributed by atoms with E-state index < -0.39 is 11.6 Å². The van der Waals surface area contributed by atoms with E-state index in [1.165, 1.54) is 11.3 Å². The second kappa shape index (κ2) is 7.23. The van der Waals surface area contributed by atoms with Crippen LogP contribution in [0.1, 0.15) is 23.3 Å². The van der Waals surface area contributed by atoms with Crippen LogP contribution in [-0.4, -0.2) is 47.8 Å². The summed E-state index contributed by atoms with van der Waals surface area (Å²) >= 11 is 1.37. The molecule has 0 spiro atoms. The SMILES string of the molecule is C=CC[N+]12CCC(CC1)[C@@H](OC(=O)C(O)(c1ccccc1)c1cccs1)C2. The number of hydrogen-bond donors (Lipinski definition) is 1. The average molecular weight is 385 g/mol. The molecule has 4 heterocycles. The molecule has 142 valence electrons. The van der Waals surface area contributed by atoms with Crippen LogP contribution in [0.3, 0.4) is 0 Å². The maximum absolute atomic E-state index is 13.3. The Morgan fingerprint density at radius 3 is 2.63 bits per heavy atom. The number of esters is 1. The van der Waals surface area contributed by atoms with E-state index in [0.29, 0.717) is 16.4 Å². The molecule has 2 bridgehead atoms. The first kappa shape index (κ1) is 18.4. The number of ether oxygens (including phenoxy) is 1. The van der Waals surface area contributed by atoms with E-state index in [0.717, 1.165) is 43.5 Å². The van der Waals surface area contributed by atoms with E-state index in [1.807, 2.05) is 35.7 Å². The molecule has 1 N–H and O–H groups in total. The Morgan fingerprint density at radius 2 is 2.00 bits per heavy atom. The van der Waals surface area contributed by atoms with Crippen LogP contribution in [0.4, 0.5) is 0 Å². The number of hydrogen-bond acceptors (Lipinski definition) is 4. The van der Waals surface area contributed by atoms with Crippen LogP contribution in [0.15, 0.2) is 60.5 Å². The number of carbonyl (C=O) groups is 1. The van der Waals surface area contributed by atoms with Crippen molar-refractivity contribution in [3.05, 3.63) is 70.9 Å². The summed E-state index contributed by atoms with van der Waals surface area (Å²) in [6.07, 6.45) is 3.95. The number of fused-ring (bicyclic) bond motifs is 3. The highest BCUT2D eigenvalue weighted by Crippen LogP contribution is 2.39. The Morgan fingerprint density at radius 1 is 1.26 bits per heavy atom. The van der Waals surface area contributed by atoms with Gasteiger partial charge in [0.25, 0.3) is 0 Å². The van der Waals surface area contributed by atoms with Gasteiger partial charge in [-0.1, -0.05) is 43.0 Å². The van der Waals surface area contributed by atoms with Crippen molar-refractivity contribution in [3.8, 4) is 0 Å². The molecule has 2 atom stereocenters. The highest BCUT2D eigenvalue weighted by molar-refractivity contribution is 7.10. The highest BCUT2D eigenvalue weighted by Gasteiger charge is 2.50. The maximum Gasteiger partial charge on any atom is 0.349 e. The topological polar surface area (TPSA) is 46.5 Å². The molecule has 27 heavy (non-hydrogen) atoms. The Balaban J connectivity index is 1.61. The molecule has 5 rings (SSSR count). The van der Waals surface area contributed by atoms with Gasteiger partial charge in [-0.3, -0.25) is 0 Å². The molecule has 0 saturated carbocycles.